The molecule has 0 fully saturated rings. The zero-order chi connectivity index (χ0) is 22.9. The summed E-state index contributed by atoms with van der Waals surface area (Å²) < 4.78 is 5.09. The van der Waals surface area contributed by atoms with Gasteiger partial charge in [0, 0.05) is 30.5 Å². The van der Waals surface area contributed by atoms with Crippen molar-refractivity contribution in [1.29, 1.82) is 0 Å². The largest absolute Gasteiger partial charge is 0.459 e. The summed E-state index contributed by atoms with van der Waals surface area (Å²) in [7, 11) is 0. The number of hydrogen-bond acceptors (Lipinski definition) is 5. The molecule has 2 amide bonds. The molecular formula is C26H25N3O3S. The van der Waals surface area contributed by atoms with Gasteiger partial charge in [0.1, 0.15) is 0 Å². The van der Waals surface area contributed by atoms with Gasteiger partial charge < -0.3 is 9.73 Å². The van der Waals surface area contributed by atoms with Gasteiger partial charge in [-0.15, -0.1) is 11.3 Å². The number of aromatic nitrogens is 1. The normalized spacial score (nSPS) is 10.7. The molecule has 0 spiro atoms. The number of carbonyl (C=O) groups is 2. The summed E-state index contributed by atoms with van der Waals surface area (Å²) in [5, 5.41) is 5.46. The first-order chi connectivity index (χ1) is 16.2. The fourth-order valence-electron chi connectivity index (χ4n) is 3.41. The molecule has 0 atom stereocenters. The minimum Gasteiger partial charge on any atom is -0.459 e. The average molecular weight is 460 g/mol. The molecule has 0 bridgehead atoms. The van der Waals surface area contributed by atoms with Crippen molar-refractivity contribution in [2.45, 2.75) is 19.3 Å². The van der Waals surface area contributed by atoms with Gasteiger partial charge in [0.15, 0.2) is 10.9 Å². The van der Waals surface area contributed by atoms with Crippen LogP contribution in [-0.2, 0) is 11.2 Å². The van der Waals surface area contributed by atoms with Crippen molar-refractivity contribution < 1.29 is 14.0 Å². The van der Waals surface area contributed by atoms with E-state index in [1.54, 1.807) is 17.0 Å². The summed E-state index contributed by atoms with van der Waals surface area (Å²) in [4.78, 5) is 31.6. The molecule has 2 aromatic heterocycles. The van der Waals surface area contributed by atoms with E-state index >= 15 is 0 Å². The molecule has 1 N–H and O–H groups in total. The van der Waals surface area contributed by atoms with E-state index in [0.29, 0.717) is 31.1 Å². The van der Waals surface area contributed by atoms with Crippen LogP contribution in [0.2, 0.25) is 0 Å². The molecule has 168 valence electrons. The van der Waals surface area contributed by atoms with Crippen molar-refractivity contribution in [1.82, 2.24) is 10.3 Å². The summed E-state index contributed by atoms with van der Waals surface area (Å²) >= 11 is 1.47. The maximum atomic E-state index is 13.1. The number of carbonyl (C=O) groups excluding carboxylic acids is 2. The second-order valence-corrected chi connectivity index (χ2v) is 8.34. The molecule has 6 nitrogen and oxygen atoms in total. The van der Waals surface area contributed by atoms with Crippen LogP contribution in [0.4, 0.5) is 5.13 Å². The molecule has 7 heteroatoms. The number of furan rings is 1. The number of hydrogen-bond donors (Lipinski definition) is 1. The van der Waals surface area contributed by atoms with E-state index in [4.69, 9.17) is 9.40 Å². The van der Waals surface area contributed by atoms with Crippen LogP contribution >= 0.6 is 11.3 Å². The van der Waals surface area contributed by atoms with Gasteiger partial charge in [-0.2, -0.15) is 0 Å². The van der Waals surface area contributed by atoms with E-state index in [2.05, 4.69) is 17.4 Å². The summed E-state index contributed by atoms with van der Waals surface area (Å²) in [6.07, 6.45) is 3.04. The topological polar surface area (TPSA) is 75.4 Å². The van der Waals surface area contributed by atoms with Crippen LogP contribution in [0.15, 0.2) is 88.9 Å². The second-order valence-electron chi connectivity index (χ2n) is 7.50. The minimum atomic E-state index is -0.277. The van der Waals surface area contributed by atoms with Crippen LogP contribution < -0.4 is 10.2 Å². The fraction of sp³-hybridized carbons (Fsp3) is 0.192. The van der Waals surface area contributed by atoms with Gasteiger partial charge in [-0.3, -0.25) is 14.5 Å². The Morgan fingerprint density at radius 3 is 2.45 bits per heavy atom. The highest BCUT2D eigenvalue weighted by molar-refractivity contribution is 7.14. The lowest BCUT2D eigenvalue weighted by molar-refractivity contribution is -0.118. The molecule has 0 saturated carbocycles. The minimum absolute atomic E-state index is 0.00728. The Bertz CT molecular complexity index is 1160. The molecular weight excluding hydrogens is 434 g/mol. The Kier molecular flexibility index (Phi) is 7.66. The summed E-state index contributed by atoms with van der Waals surface area (Å²) in [6, 6.07) is 23.3. The van der Waals surface area contributed by atoms with E-state index < -0.39 is 0 Å². The molecule has 0 radical (unpaired) electrons. The van der Waals surface area contributed by atoms with Crippen LogP contribution in [0.1, 0.15) is 29.0 Å². The van der Waals surface area contributed by atoms with E-state index in [1.165, 1.54) is 23.2 Å². The number of nitrogens with one attached hydrogen (secondary N) is 1. The van der Waals surface area contributed by atoms with Crippen LogP contribution in [0.5, 0.6) is 0 Å². The first kappa shape index (κ1) is 22.5. The van der Waals surface area contributed by atoms with Gasteiger partial charge in [-0.05, 0) is 30.5 Å². The zero-order valence-corrected chi connectivity index (χ0v) is 19.0. The smallest absolute Gasteiger partial charge is 0.286 e. The second kappa shape index (κ2) is 11.2. The molecule has 0 unspecified atom stereocenters. The molecule has 4 aromatic rings. The highest BCUT2D eigenvalue weighted by atomic mass is 32.1. The number of amides is 2. The third-order valence-corrected chi connectivity index (χ3v) is 6.02. The number of rotatable bonds is 10. The van der Waals surface area contributed by atoms with Gasteiger partial charge in [-0.25, -0.2) is 4.98 Å². The van der Waals surface area contributed by atoms with E-state index in [0.717, 1.165) is 17.7 Å². The Labute approximate surface area is 196 Å². The van der Waals surface area contributed by atoms with E-state index in [1.807, 2.05) is 53.9 Å². The van der Waals surface area contributed by atoms with Crippen LogP contribution in [0.3, 0.4) is 0 Å². The Morgan fingerprint density at radius 2 is 1.73 bits per heavy atom. The predicted molar refractivity (Wildman–Crippen MR) is 130 cm³/mol. The third-order valence-electron chi connectivity index (χ3n) is 5.16. The van der Waals surface area contributed by atoms with Crippen molar-refractivity contribution in [2.75, 3.05) is 18.0 Å². The van der Waals surface area contributed by atoms with Crippen molar-refractivity contribution in [3.63, 3.8) is 0 Å². The number of benzene rings is 2. The van der Waals surface area contributed by atoms with Gasteiger partial charge in [0.25, 0.3) is 5.91 Å². The molecule has 2 aromatic carbocycles. The zero-order valence-electron chi connectivity index (χ0n) is 18.1. The number of thiazole rings is 1. The maximum absolute atomic E-state index is 13.1. The van der Waals surface area contributed by atoms with Crippen molar-refractivity contribution >= 4 is 28.3 Å². The lowest BCUT2D eigenvalue weighted by atomic mass is 10.1. The molecule has 0 saturated heterocycles. The van der Waals surface area contributed by atoms with Gasteiger partial charge in [0.2, 0.25) is 5.91 Å². The van der Waals surface area contributed by atoms with Gasteiger partial charge in [-0.1, -0.05) is 60.7 Å². The van der Waals surface area contributed by atoms with E-state index in [-0.39, 0.29) is 17.6 Å². The van der Waals surface area contributed by atoms with Crippen molar-refractivity contribution in [3.8, 4) is 11.3 Å². The molecule has 33 heavy (non-hydrogen) atoms. The summed E-state index contributed by atoms with van der Waals surface area (Å²) in [6.45, 7) is 0.939. The first-order valence-corrected chi connectivity index (χ1v) is 11.8. The molecule has 0 aliphatic carbocycles. The van der Waals surface area contributed by atoms with Crippen LogP contribution in [0.25, 0.3) is 11.3 Å². The standard InChI is InChI=1S/C26H25N3O3S/c30-24(14-7-16-27-25(31)23-13-8-18-32-23)29(17-15-20-9-3-1-4-10-20)26-28-22(19-33-26)21-11-5-2-6-12-21/h1-6,8-13,18-19H,7,14-17H2,(H,27,31). The monoisotopic (exact) mass is 459 g/mol. The van der Waals surface area contributed by atoms with Crippen LogP contribution in [0, 0.1) is 0 Å². The number of nitrogens with zero attached hydrogens (tertiary/aromatic N) is 2. The van der Waals surface area contributed by atoms with E-state index in [9.17, 15) is 9.59 Å². The summed E-state index contributed by atoms with van der Waals surface area (Å²) in [5.74, 6) is -0.0185. The quantitative estimate of drug-likeness (QED) is 0.331. The number of anilines is 1. The Hall–Kier alpha value is -3.71. The van der Waals surface area contributed by atoms with Gasteiger partial charge in [0.05, 0.1) is 12.0 Å². The van der Waals surface area contributed by atoms with Crippen LogP contribution in [-0.4, -0.2) is 29.9 Å². The molecule has 0 aliphatic heterocycles. The molecule has 0 aliphatic rings. The lowest BCUT2D eigenvalue weighted by Crippen LogP contribution is -2.33. The Balaban J connectivity index is 1.40. The maximum Gasteiger partial charge on any atom is 0.286 e. The predicted octanol–water partition coefficient (Wildman–Crippen LogP) is 5.19. The summed E-state index contributed by atoms with van der Waals surface area (Å²) in [5.41, 5.74) is 3.05. The average Bonchev–Trinajstić information content (AvgIpc) is 3.56. The lowest BCUT2D eigenvalue weighted by Gasteiger charge is -2.20. The SMILES string of the molecule is O=C(NCCCC(=O)N(CCc1ccccc1)c1nc(-c2ccccc2)cs1)c1ccco1. The first-order valence-electron chi connectivity index (χ1n) is 10.9. The highest BCUT2D eigenvalue weighted by Gasteiger charge is 2.19. The highest BCUT2D eigenvalue weighted by Crippen LogP contribution is 2.28. The van der Waals surface area contributed by atoms with Gasteiger partial charge >= 0.3 is 0 Å². The van der Waals surface area contributed by atoms with Crippen molar-refractivity contribution in [3.05, 3.63) is 95.8 Å². The fourth-order valence-corrected chi connectivity index (χ4v) is 4.29. The molecule has 2 heterocycles. The molecule has 4 rings (SSSR count). The third kappa shape index (κ3) is 6.17. The van der Waals surface area contributed by atoms with Crippen molar-refractivity contribution in [2.24, 2.45) is 0 Å². The Morgan fingerprint density at radius 1 is 0.970 bits per heavy atom.